The number of amides is 1. The summed E-state index contributed by atoms with van der Waals surface area (Å²) in [6.07, 6.45) is 2.30. The Balaban J connectivity index is 1.49. The summed E-state index contributed by atoms with van der Waals surface area (Å²) in [5, 5.41) is 1.16. The molecule has 0 spiro atoms. The molecule has 0 unspecified atom stereocenters. The highest BCUT2D eigenvalue weighted by Crippen LogP contribution is 2.24. The smallest absolute Gasteiger partial charge is 0.255 e. The molecular weight excluding hydrogens is 396 g/mol. The van der Waals surface area contributed by atoms with Gasteiger partial charge in [-0.25, -0.2) is 8.42 Å². The van der Waals surface area contributed by atoms with Gasteiger partial charge in [0.2, 0.25) is 0 Å². The number of hydrogen-bond acceptors (Lipinski definition) is 3. The van der Waals surface area contributed by atoms with Crippen LogP contribution in [-0.4, -0.2) is 25.8 Å². The van der Waals surface area contributed by atoms with Crippen LogP contribution in [0.25, 0.3) is 6.08 Å². The summed E-state index contributed by atoms with van der Waals surface area (Å²) in [5.74, 6) is -0.0157. The Kier molecular flexibility index (Phi) is 5.68. The van der Waals surface area contributed by atoms with E-state index in [1.54, 1.807) is 17.0 Å². The van der Waals surface area contributed by atoms with E-state index in [4.69, 9.17) is 0 Å². The molecule has 0 aromatic heterocycles. The fraction of sp³-hybridized carbons (Fsp3) is 0.125. The summed E-state index contributed by atoms with van der Waals surface area (Å²) in [7, 11) is -3.64. The molecule has 152 valence electrons. The molecule has 1 aliphatic rings. The Morgan fingerprint density at radius 3 is 2.33 bits per heavy atom. The minimum atomic E-state index is -3.64. The van der Waals surface area contributed by atoms with E-state index in [2.05, 4.69) is 4.72 Å². The van der Waals surface area contributed by atoms with E-state index in [0.29, 0.717) is 24.3 Å². The second kappa shape index (κ2) is 8.55. The van der Waals surface area contributed by atoms with Crippen molar-refractivity contribution in [2.24, 2.45) is 0 Å². The summed E-state index contributed by atoms with van der Waals surface area (Å²) >= 11 is 0. The molecule has 3 aromatic rings. The van der Waals surface area contributed by atoms with Gasteiger partial charge >= 0.3 is 0 Å². The Labute approximate surface area is 176 Å². The zero-order chi connectivity index (χ0) is 21.0. The quantitative estimate of drug-likeness (QED) is 0.672. The molecule has 0 atom stereocenters. The Morgan fingerprint density at radius 1 is 0.900 bits per heavy atom. The van der Waals surface area contributed by atoms with Crippen LogP contribution in [-0.2, 0) is 23.0 Å². The van der Waals surface area contributed by atoms with E-state index in [1.165, 1.54) is 0 Å². The van der Waals surface area contributed by atoms with Gasteiger partial charge in [-0.15, -0.1) is 0 Å². The second-order valence-corrected chi connectivity index (χ2v) is 8.75. The second-order valence-electron chi connectivity index (χ2n) is 7.19. The lowest BCUT2D eigenvalue weighted by Crippen LogP contribution is -2.36. The molecule has 5 nitrogen and oxygen atoms in total. The number of carbonyl (C=O) groups is 1. The predicted octanol–water partition coefficient (Wildman–Crippen LogP) is 4.30. The molecule has 1 aliphatic heterocycles. The van der Waals surface area contributed by atoms with E-state index < -0.39 is 10.0 Å². The normalized spacial score (nSPS) is 13.8. The lowest BCUT2D eigenvalue weighted by atomic mass is 9.98. The van der Waals surface area contributed by atoms with Gasteiger partial charge in [0.25, 0.3) is 15.9 Å². The highest BCUT2D eigenvalue weighted by Gasteiger charge is 2.22. The van der Waals surface area contributed by atoms with Crippen molar-refractivity contribution in [3.8, 4) is 0 Å². The van der Waals surface area contributed by atoms with Crippen molar-refractivity contribution in [3.63, 3.8) is 0 Å². The first-order valence-corrected chi connectivity index (χ1v) is 11.3. The molecule has 0 radical (unpaired) electrons. The summed E-state index contributed by atoms with van der Waals surface area (Å²) < 4.78 is 27.5. The zero-order valence-corrected chi connectivity index (χ0v) is 17.2. The summed E-state index contributed by atoms with van der Waals surface area (Å²) in [6, 6.07) is 24.0. The average molecular weight is 419 g/mol. The summed E-state index contributed by atoms with van der Waals surface area (Å²) in [6.45, 7) is 1.10. The molecule has 1 N–H and O–H groups in total. The molecule has 30 heavy (non-hydrogen) atoms. The largest absolute Gasteiger partial charge is 0.334 e. The van der Waals surface area contributed by atoms with Crippen LogP contribution >= 0.6 is 0 Å². The van der Waals surface area contributed by atoms with Crippen LogP contribution in [0.5, 0.6) is 0 Å². The molecule has 4 rings (SSSR count). The van der Waals surface area contributed by atoms with Crippen molar-refractivity contribution in [2.75, 3.05) is 11.3 Å². The molecule has 6 heteroatoms. The van der Waals surface area contributed by atoms with E-state index in [9.17, 15) is 13.2 Å². The zero-order valence-electron chi connectivity index (χ0n) is 16.4. The van der Waals surface area contributed by atoms with Gasteiger partial charge in [-0.05, 0) is 53.5 Å². The van der Waals surface area contributed by atoms with Crippen molar-refractivity contribution in [3.05, 3.63) is 107 Å². The third-order valence-corrected chi connectivity index (χ3v) is 6.04. The van der Waals surface area contributed by atoms with Crippen LogP contribution in [0.2, 0.25) is 0 Å². The standard InChI is InChI=1S/C24H22N2O3S/c27-24(21-9-5-2-6-10-21)26-15-13-20-11-12-23(17-22(20)18-26)25-30(28,29)16-14-19-7-3-1-4-8-19/h1-12,14,16-17,25H,13,15,18H2/b16-14+. The van der Waals surface area contributed by atoms with Gasteiger partial charge in [-0.2, -0.15) is 0 Å². The van der Waals surface area contributed by atoms with Crippen molar-refractivity contribution in [2.45, 2.75) is 13.0 Å². The molecule has 0 bridgehead atoms. The highest BCUT2D eigenvalue weighted by molar-refractivity contribution is 7.95. The van der Waals surface area contributed by atoms with Crippen LogP contribution in [0.1, 0.15) is 27.0 Å². The van der Waals surface area contributed by atoms with E-state index >= 15 is 0 Å². The lowest BCUT2D eigenvalue weighted by Gasteiger charge is -2.29. The van der Waals surface area contributed by atoms with Crippen LogP contribution in [0, 0.1) is 0 Å². The van der Waals surface area contributed by atoms with Gasteiger partial charge in [0.05, 0.1) is 5.41 Å². The maximum Gasteiger partial charge on any atom is 0.255 e. The van der Waals surface area contributed by atoms with Gasteiger partial charge < -0.3 is 4.90 Å². The first-order chi connectivity index (χ1) is 14.5. The van der Waals surface area contributed by atoms with Crippen LogP contribution in [0.3, 0.4) is 0 Å². The maximum atomic E-state index is 12.7. The fourth-order valence-corrected chi connectivity index (χ4v) is 4.35. The van der Waals surface area contributed by atoms with E-state index in [1.807, 2.05) is 72.8 Å². The van der Waals surface area contributed by atoms with E-state index in [-0.39, 0.29) is 5.91 Å². The molecule has 3 aromatic carbocycles. The van der Waals surface area contributed by atoms with Gasteiger partial charge in [0.1, 0.15) is 0 Å². The molecule has 1 amide bonds. The first kappa shape index (κ1) is 19.9. The predicted molar refractivity (Wildman–Crippen MR) is 119 cm³/mol. The number of nitrogens with one attached hydrogen (secondary N) is 1. The van der Waals surface area contributed by atoms with Crippen molar-refractivity contribution < 1.29 is 13.2 Å². The maximum absolute atomic E-state index is 12.7. The number of hydrogen-bond donors (Lipinski definition) is 1. The van der Waals surface area contributed by atoms with Crippen LogP contribution in [0.4, 0.5) is 5.69 Å². The molecule has 1 heterocycles. The van der Waals surface area contributed by atoms with Gasteiger partial charge in [0, 0.05) is 24.3 Å². The Morgan fingerprint density at radius 2 is 1.60 bits per heavy atom. The minimum absolute atomic E-state index is 0.0157. The third-order valence-electron chi connectivity index (χ3n) is 5.03. The number of rotatable bonds is 5. The first-order valence-electron chi connectivity index (χ1n) is 9.72. The average Bonchev–Trinajstić information content (AvgIpc) is 2.78. The molecule has 0 saturated carbocycles. The Hall–Kier alpha value is -3.38. The van der Waals surface area contributed by atoms with Gasteiger partial charge in [0.15, 0.2) is 0 Å². The van der Waals surface area contributed by atoms with Gasteiger partial charge in [-0.3, -0.25) is 9.52 Å². The van der Waals surface area contributed by atoms with Crippen LogP contribution in [0.15, 0.2) is 84.3 Å². The monoisotopic (exact) mass is 418 g/mol. The highest BCUT2D eigenvalue weighted by atomic mass is 32.2. The number of nitrogens with zero attached hydrogens (tertiary/aromatic N) is 1. The number of fused-ring (bicyclic) bond motifs is 1. The topological polar surface area (TPSA) is 66.5 Å². The Bertz CT molecular complexity index is 1170. The summed E-state index contributed by atoms with van der Waals surface area (Å²) in [5.41, 5.74) is 4.04. The molecule has 0 aliphatic carbocycles. The molecule has 0 saturated heterocycles. The van der Waals surface area contributed by atoms with E-state index in [0.717, 1.165) is 28.5 Å². The number of anilines is 1. The summed E-state index contributed by atoms with van der Waals surface area (Å²) in [4.78, 5) is 14.5. The van der Waals surface area contributed by atoms with Crippen LogP contribution < -0.4 is 4.72 Å². The van der Waals surface area contributed by atoms with Crippen molar-refractivity contribution >= 4 is 27.7 Å². The van der Waals surface area contributed by atoms with Gasteiger partial charge in [-0.1, -0.05) is 54.6 Å². The van der Waals surface area contributed by atoms with Crippen molar-refractivity contribution in [1.82, 2.24) is 4.90 Å². The van der Waals surface area contributed by atoms with Crippen molar-refractivity contribution in [1.29, 1.82) is 0 Å². The molecular formula is C24H22N2O3S. The minimum Gasteiger partial charge on any atom is -0.334 e. The third kappa shape index (κ3) is 4.78. The lowest BCUT2D eigenvalue weighted by molar-refractivity contribution is 0.0734. The number of benzene rings is 3. The SMILES string of the molecule is O=C(c1ccccc1)N1CCc2ccc(NS(=O)(=O)/C=C/c3ccccc3)cc2C1. The number of sulfonamides is 1. The number of carbonyl (C=O) groups excluding carboxylic acids is 1. The fourth-order valence-electron chi connectivity index (χ4n) is 3.49. The molecule has 0 fully saturated rings.